The third-order valence-electron chi connectivity index (χ3n) is 7.29. The number of fused-ring (bicyclic) bond motifs is 4. The highest BCUT2D eigenvalue weighted by atomic mass is 19.1. The second-order valence-electron chi connectivity index (χ2n) is 10.1. The van der Waals surface area contributed by atoms with E-state index in [1.165, 1.54) is 6.20 Å². The minimum absolute atomic E-state index is 0.0604. The Hall–Kier alpha value is -4.05. The van der Waals surface area contributed by atoms with E-state index in [1.807, 2.05) is 37.3 Å². The van der Waals surface area contributed by atoms with Gasteiger partial charge in [0.1, 0.15) is 41.1 Å². The molecule has 10 heteroatoms. The lowest BCUT2D eigenvalue weighted by atomic mass is 9.90. The zero-order chi connectivity index (χ0) is 27.9. The van der Waals surface area contributed by atoms with Crippen LogP contribution in [0.1, 0.15) is 31.4 Å². The largest absolute Gasteiger partial charge is 0.491 e. The van der Waals surface area contributed by atoms with Crippen LogP contribution in [-0.4, -0.2) is 51.0 Å². The van der Waals surface area contributed by atoms with Crippen LogP contribution in [0.15, 0.2) is 77.8 Å². The van der Waals surface area contributed by atoms with E-state index in [1.54, 1.807) is 28.9 Å². The van der Waals surface area contributed by atoms with E-state index in [0.717, 1.165) is 5.56 Å². The van der Waals surface area contributed by atoms with Gasteiger partial charge >= 0.3 is 0 Å². The maximum atomic E-state index is 14.1. The summed E-state index contributed by atoms with van der Waals surface area (Å²) in [5.41, 5.74) is -0.584. The minimum atomic E-state index is -1.35. The van der Waals surface area contributed by atoms with Crippen molar-refractivity contribution >= 4 is 11.8 Å². The molecule has 3 heterocycles. The molecule has 3 atom stereocenters. The van der Waals surface area contributed by atoms with E-state index < -0.39 is 47.1 Å². The van der Waals surface area contributed by atoms with Gasteiger partial charge in [0.05, 0.1) is 6.04 Å². The lowest BCUT2D eigenvalue weighted by Gasteiger charge is -2.48. The van der Waals surface area contributed by atoms with Crippen LogP contribution < -0.4 is 5.32 Å². The molecule has 3 aliphatic rings. The third-order valence-corrected chi connectivity index (χ3v) is 7.29. The van der Waals surface area contributed by atoms with Gasteiger partial charge in [0.25, 0.3) is 5.91 Å². The van der Waals surface area contributed by atoms with Crippen LogP contribution in [0, 0.1) is 17.5 Å². The number of piperazine rings is 1. The fraction of sp³-hybridized carbons (Fsp3) is 0.310. The Labute approximate surface area is 223 Å². The number of rotatable bonds is 6. The molecule has 2 aromatic rings. The van der Waals surface area contributed by atoms with Crippen molar-refractivity contribution < 1.29 is 32.6 Å². The molecule has 0 saturated carbocycles. The summed E-state index contributed by atoms with van der Waals surface area (Å²) in [5, 5.41) is 13.8. The molecule has 39 heavy (non-hydrogen) atoms. The first-order valence-corrected chi connectivity index (χ1v) is 12.6. The summed E-state index contributed by atoms with van der Waals surface area (Å²) in [6.07, 6.45) is 4.83. The number of carbonyl (C=O) groups is 2. The Bertz CT molecular complexity index is 1380. The van der Waals surface area contributed by atoms with Crippen molar-refractivity contribution in [2.75, 3.05) is 6.54 Å². The summed E-state index contributed by atoms with van der Waals surface area (Å²) in [6, 6.07) is 9.49. The highest BCUT2D eigenvalue weighted by molar-refractivity contribution is 5.98. The number of benzene rings is 2. The molecule has 3 aliphatic heterocycles. The second-order valence-corrected chi connectivity index (χ2v) is 10.1. The molecular formula is C29H28F3N3O4. The van der Waals surface area contributed by atoms with E-state index in [2.05, 4.69) is 5.32 Å². The summed E-state index contributed by atoms with van der Waals surface area (Å²) < 4.78 is 47.7. The van der Waals surface area contributed by atoms with Gasteiger partial charge in [-0.1, -0.05) is 42.5 Å². The summed E-state index contributed by atoms with van der Waals surface area (Å²) in [5.74, 6) is -3.99. The first-order chi connectivity index (χ1) is 18.5. The molecule has 2 bridgehead atoms. The van der Waals surface area contributed by atoms with Gasteiger partial charge in [-0.15, -0.1) is 0 Å². The number of carbonyl (C=O) groups excluding carboxylic acids is 2. The van der Waals surface area contributed by atoms with Crippen molar-refractivity contribution in [2.24, 2.45) is 0 Å². The standard InChI is InChI=1S/C29H28F3N3O4/c1-17-8-9-29(2,38)25-15-34(17)28(37)26-24(39-16-18-6-4-3-5-7-18)10-19(14-35(25)26)27(36)33-13-21-22(31)11-20(30)12-23(21)32/h3-9,11-12,14,17,25,38H,10,13,15-16H2,1-2H3,(H,33,36)/t17-,25+,29-/m0/s1. The summed E-state index contributed by atoms with van der Waals surface area (Å²) >= 11 is 0. The van der Waals surface area contributed by atoms with Crippen molar-refractivity contribution in [2.45, 2.75) is 51.1 Å². The van der Waals surface area contributed by atoms with Crippen LogP contribution >= 0.6 is 0 Å². The number of hydrogen-bond donors (Lipinski definition) is 2. The van der Waals surface area contributed by atoms with E-state index in [4.69, 9.17) is 4.74 Å². The quantitative estimate of drug-likeness (QED) is 0.548. The van der Waals surface area contributed by atoms with Crippen molar-refractivity contribution in [3.8, 4) is 0 Å². The summed E-state index contributed by atoms with van der Waals surface area (Å²) in [7, 11) is 0. The number of aliphatic hydroxyl groups is 1. The number of allylic oxidation sites excluding steroid dienone is 1. The Balaban J connectivity index is 1.47. The summed E-state index contributed by atoms with van der Waals surface area (Å²) in [6.45, 7) is 3.31. The van der Waals surface area contributed by atoms with E-state index in [9.17, 15) is 27.9 Å². The zero-order valence-corrected chi connectivity index (χ0v) is 21.5. The monoisotopic (exact) mass is 539 g/mol. The molecule has 0 spiro atoms. The molecule has 0 aliphatic carbocycles. The third kappa shape index (κ3) is 5.16. The number of nitrogens with one attached hydrogen (secondary N) is 1. The van der Waals surface area contributed by atoms with Crippen LogP contribution in [0.3, 0.4) is 0 Å². The fourth-order valence-corrected chi connectivity index (χ4v) is 5.04. The maximum absolute atomic E-state index is 14.1. The number of amides is 2. The van der Waals surface area contributed by atoms with Crippen LogP contribution in [-0.2, 0) is 27.5 Å². The van der Waals surface area contributed by atoms with Gasteiger partial charge in [0.2, 0.25) is 5.91 Å². The summed E-state index contributed by atoms with van der Waals surface area (Å²) in [4.78, 5) is 30.1. The molecule has 0 unspecified atom stereocenters. The van der Waals surface area contributed by atoms with Crippen molar-refractivity contribution in [1.29, 1.82) is 0 Å². The molecule has 2 aromatic carbocycles. The Morgan fingerprint density at radius 3 is 2.56 bits per heavy atom. The van der Waals surface area contributed by atoms with Gasteiger partial charge in [-0.05, 0) is 19.4 Å². The molecule has 0 radical (unpaired) electrons. The van der Waals surface area contributed by atoms with Crippen molar-refractivity contribution in [1.82, 2.24) is 15.1 Å². The molecule has 2 N–H and O–H groups in total. The second kappa shape index (κ2) is 10.3. The SMILES string of the molecule is C[C@H]1C=C[C@](C)(O)[C@H]2CN1C(=O)C1=C(OCc3ccccc3)CC(C(=O)NCc3c(F)cc(F)cc3F)=CN12. The normalized spacial score (nSPS) is 24.3. The average Bonchev–Trinajstić information content (AvgIpc) is 3.00. The molecule has 204 valence electrons. The van der Waals surface area contributed by atoms with Crippen LogP contribution in [0.4, 0.5) is 13.2 Å². The van der Waals surface area contributed by atoms with Crippen LogP contribution in [0.25, 0.3) is 0 Å². The first-order valence-electron chi connectivity index (χ1n) is 12.6. The van der Waals surface area contributed by atoms with Gasteiger partial charge in [0, 0.05) is 55.0 Å². The highest BCUT2D eigenvalue weighted by Gasteiger charge is 2.49. The van der Waals surface area contributed by atoms with Crippen molar-refractivity contribution in [3.63, 3.8) is 0 Å². The average molecular weight is 540 g/mol. The Morgan fingerprint density at radius 2 is 1.87 bits per heavy atom. The van der Waals surface area contributed by atoms with Gasteiger partial charge < -0.3 is 25.0 Å². The predicted octanol–water partition coefficient (Wildman–Crippen LogP) is 3.66. The van der Waals surface area contributed by atoms with E-state index in [-0.39, 0.29) is 48.6 Å². The number of ether oxygens (including phenoxy) is 1. The van der Waals surface area contributed by atoms with E-state index >= 15 is 0 Å². The molecule has 1 fully saturated rings. The maximum Gasteiger partial charge on any atom is 0.274 e. The molecule has 7 nitrogen and oxygen atoms in total. The highest BCUT2D eigenvalue weighted by Crippen LogP contribution is 2.39. The van der Waals surface area contributed by atoms with Gasteiger partial charge in [-0.2, -0.15) is 0 Å². The van der Waals surface area contributed by atoms with Crippen LogP contribution in [0.2, 0.25) is 0 Å². The predicted molar refractivity (Wildman–Crippen MR) is 136 cm³/mol. The van der Waals surface area contributed by atoms with Crippen LogP contribution in [0.5, 0.6) is 0 Å². The Morgan fingerprint density at radius 1 is 1.18 bits per heavy atom. The zero-order valence-electron chi connectivity index (χ0n) is 21.5. The lowest BCUT2D eigenvalue weighted by Crippen LogP contribution is -2.61. The van der Waals surface area contributed by atoms with Crippen molar-refractivity contribution in [3.05, 3.63) is 106 Å². The first kappa shape index (κ1) is 26.6. The lowest BCUT2D eigenvalue weighted by molar-refractivity contribution is -0.137. The molecular weight excluding hydrogens is 511 g/mol. The van der Waals surface area contributed by atoms with Gasteiger partial charge in [-0.3, -0.25) is 9.59 Å². The molecule has 2 amide bonds. The fourth-order valence-electron chi connectivity index (χ4n) is 5.04. The van der Waals surface area contributed by atoms with Gasteiger partial charge in [-0.25, -0.2) is 13.2 Å². The molecule has 5 rings (SSSR count). The van der Waals surface area contributed by atoms with Gasteiger partial charge in [0.15, 0.2) is 0 Å². The topological polar surface area (TPSA) is 82.1 Å². The number of halogens is 3. The Kier molecular flexibility index (Phi) is 6.98. The van der Waals surface area contributed by atoms with E-state index in [0.29, 0.717) is 12.1 Å². The smallest absolute Gasteiger partial charge is 0.274 e. The molecule has 1 saturated heterocycles. The number of nitrogens with zero attached hydrogens (tertiary/aromatic N) is 2. The minimum Gasteiger partial charge on any atom is -0.491 e. The number of hydrogen-bond acceptors (Lipinski definition) is 5. The molecule has 0 aromatic heterocycles.